The first-order chi connectivity index (χ1) is 17.6. The van der Waals surface area contributed by atoms with E-state index in [2.05, 4.69) is 139 Å². The molecule has 0 aromatic heterocycles. The molecule has 0 radical (unpaired) electrons. The molecule has 0 amide bonds. The molecule has 0 saturated carbocycles. The minimum Gasteiger partial charge on any atom is -1.00 e. The van der Waals surface area contributed by atoms with Crippen molar-refractivity contribution in [2.75, 3.05) is 0 Å². The molecule has 40 heavy (non-hydrogen) atoms. The van der Waals surface area contributed by atoms with Gasteiger partial charge in [0, 0.05) is 11.3 Å². The van der Waals surface area contributed by atoms with Gasteiger partial charge in [0.2, 0.25) is 0 Å². The van der Waals surface area contributed by atoms with Crippen LogP contribution in [0.15, 0.2) is 103 Å². The van der Waals surface area contributed by atoms with E-state index in [0.717, 1.165) is 19.3 Å². The number of halogens is 2. The van der Waals surface area contributed by atoms with Crippen LogP contribution in [0.4, 0.5) is 0 Å². The maximum absolute atomic E-state index is 4.16. The first kappa shape index (κ1) is 34.5. The predicted molar refractivity (Wildman–Crippen MR) is 161 cm³/mol. The van der Waals surface area contributed by atoms with Gasteiger partial charge in [0.05, 0.1) is 0 Å². The number of hydrogen-bond donors (Lipinski definition) is 0. The van der Waals surface area contributed by atoms with Crippen molar-refractivity contribution in [3.63, 3.8) is 0 Å². The Kier molecular flexibility index (Phi) is 11.3. The molecular weight excluding hydrogens is 607 g/mol. The van der Waals surface area contributed by atoms with Crippen LogP contribution in [0.2, 0.25) is 0 Å². The first-order valence-corrected chi connectivity index (χ1v) is 13.9. The van der Waals surface area contributed by atoms with Crippen molar-refractivity contribution in [2.24, 2.45) is 0 Å². The molecule has 5 rings (SSSR count). The van der Waals surface area contributed by atoms with Crippen LogP contribution in [0, 0.1) is 0 Å². The van der Waals surface area contributed by atoms with Crippen LogP contribution in [0.25, 0.3) is 11.1 Å². The predicted octanol–water partition coefficient (Wildman–Crippen LogP) is 4.19. The number of hydrogen-bond acceptors (Lipinski definition) is 0. The molecule has 3 aromatic carbocycles. The first-order valence-electron chi connectivity index (χ1n) is 13.9. The number of benzene rings is 3. The van der Waals surface area contributed by atoms with Crippen LogP contribution in [0.5, 0.6) is 0 Å². The second-order valence-corrected chi connectivity index (χ2v) is 13.0. The average molecular weight is 649 g/mol. The van der Waals surface area contributed by atoms with Gasteiger partial charge in [-0.05, 0) is 69.0 Å². The number of allylic oxidation sites excluding steroid dienone is 5. The Hall–Kier alpha value is -1.66. The smallest absolute Gasteiger partial charge is 1.00 e. The monoisotopic (exact) mass is 646 g/mol. The number of rotatable bonds is 6. The maximum atomic E-state index is 4.16. The van der Waals surface area contributed by atoms with Gasteiger partial charge in [-0.25, -0.2) is 0 Å². The third kappa shape index (κ3) is 6.09. The van der Waals surface area contributed by atoms with Gasteiger partial charge < -0.3 is 24.8 Å². The minimum atomic E-state index is -0.147. The summed E-state index contributed by atoms with van der Waals surface area (Å²) < 4.78 is 0. The van der Waals surface area contributed by atoms with E-state index in [1.165, 1.54) is 44.5 Å². The molecule has 0 spiro atoms. The van der Waals surface area contributed by atoms with Gasteiger partial charge in [-0.3, -0.25) is 0 Å². The summed E-state index contributed by atoms with van der Waals surface area (Å²) in [5, 5.41) is 0. The summed E-state index contributed by atoms with van der Waals surface area (Å²) in [4.78, 5) is 0. The summed E-state index contributed by atoms with van der Waals surface area (Å²) in [5.74, 6) is 0.246. The van der Waals surface area contributed by atoms with Gasteiger partial charge >= 0.3 is 26.2 Å². The third-order valence-electron chi connectivity index (χ3n) is 8.62. The van der Waals surface area contributed by atoms with Crippen molar-refractivity contribution in [3.8, 4) is 11.1 Å². The molecule has 0 heterocycles. The fourth-order valence-corrected chi connectivity index (χ4v) is 6.56. The third-order valence-corrected chi connectivity index (χ3v) is 8.62. The van der Waals surface area contributed by atoms with Gasteiger partial charge in [0.1, 0.15) is 0 Å². The second kappa shape index (κ2) is 13.1. The SMILES string of the molecule is C=CCCC(C1=CC=CC1)(c1ccccc1)C1c2cc(C(C)(C)C)ccc2-c2ccc(C(C)(C)C)cc21.[Cl-].[Cl-].[Zr+2]. The molecule has 2 aliphatic rings. The van der Waals surface area contributed by atoms with Crippen LogP contribution in [-0.2, 0) is 42.4 Å². The number of fused-ring (bicyclic) bond motifs is 3. The van der Waals surface area contributed by atoms with Crippen molar-refractivity contribution in [3.05, 3.63) is 131 Å². The van der Waals surface area contributed by atoms with Crippen LogP contribution >= 0.6 is 0 Å². The van der Waals surface area contributed by atoms with Crippen molar-refractivity contribution in [1.82, 2.24) is 0 Å². The van der Waals surface area contributed by atoms with E-state index in [0.29, 0.717) is 0 Å². The van der Waals surface area contributed by atoms with Gasteiger partial charge in [-0.15, -0.1) is 6.58 Å². The van der Waals surface area contributed by atoms with E-state index in [4.69, 9.17) is 0 Å². The molecule has 0 saturated heterocycles. The fraction of sp³-hybridized carbons (Fsp3) is 0.351. The molecule has 0 bridgehead atoms. The summed E-state index contributed by atoms with van der Waals surface area (Å²) in [6.07, 6.45) is 12.1. The van der Waals surface area contributed by atoms with Crippen molar-refractivity contribution < 1.29 is 51.0 Å². The Morgan fingerprint density at radius 2 is 1.27 bits per heavy atom. The molecule has 2 aliphatic carbocycles. The molecule has 3 aromatic rings. The van der Waals surface area contributed by atoms with Gasteiger partial charge in [0.15, 0.2) is 0 Å². The Morgan fingerprint density at radius 1 is 0.750 bits per heavy atom. The van der Waals surface area contributed by atoms with Gasteiger partial charge in [0.25, 0.3) is 0 Å². The molecule has 3 heteroatoms. The van der Waals surface area contributed by atoms with E-state index < -0.39 is 0 Å². The maximum Gasteiger partial charge on any atom is 2.00 e. The minimum absolute atomic E-state index is 0. The van der Waals surface area contributed by atoms with Crippen LogP contribution in [0.1, 0.15) is 94.5 Å². The summed E-state index contributed by atoms with van der Waals surface area (Å²) in [6.45, 7) is 18.1. The summed E-state index contributed by atoms with van der Waals surface area (Å²) >= 11 is 0. The zero-order valence-electron chi connectivity index (χ0n) is 24.8. The molecule has 0 nitrogen and oxygen atoms in total. The van der Waals surface area contributed by atoms with E-state index in [9.17, 15) is 0 Å². The Labute approximate surface area is 274 Å². The Bertz CT molecular complexity index is 1320. The molecule has 0 fully saturated rings. The molecule has 0 N–H and O–H groups in total. The Morgan fingerprint density at radius 3 is 1.70 bits per heavy atom. The van der Waals surface area contributed by atoms with Crippen LogP contribution < -0.4 is 24.8 Å². The summed E-state index contributed by atoms with van der Waals surface area (Å²) in [7, 11) is 0. The van der Waals surface area contributed by atoms with E-state index in [-0.39, 0.29) is 73.2 Å². The normalized spacial score (nSPS) is 15.5. The second-order valence-electron chi connectivity index (χ2n) is 13.0. The molecule has 0 aliphatic heterocycles. The molecular formula is C37H42Cl2Zr. The zero-order valence-corrected chi connectivity index (χ0v) is 28.8. The van der Waals surface area contributed by atoms with Crippen molar-refractivity contribution >= 4 is 0 Å². The molecule has 208 valence electrons. The zero-order chi connectivity index (χ0) is 26.4. The largest absolute Gasteiger partial charge is 2.00 e. The molecule has 1 atom stereocenters. The van der Waals surface area contributed by atoms with Crippen molar-refractivity contribution in [1.29, 1.82) is 0 Å². The summed E-state index contributed by atoms with van der Waals surface area (Å²) in [5.41, 5.74) is 11.6. The Balaban J connectivity index is 0.00000187. The molecule has 1 unspecified atom stereocenters. The fourth-order valence-electron chi connectivity index (χ4n) is 6.56. The quantitative estimate of drug-likeness (QED) is 0.352. The average Bonchev–Trinajstić information content (AvgIpc) is 3.51. The van der Waals surface area contributed by atoms with Crippen LogP contribution in [0.3, 0.4) is 0 Å². The van der Waals surface area contributed by atoms with Crippen LogP contribution in [-0.4, -0.2) is 0 Å². The van der Waals surface area contributed by atoms with E-state index in [1.807, 2.05) is 0 Å². The topological polar surface area (TPSA) is 0 Å². The summed E-state index contributed by atoms with van der Waals surface area (Å²) in [6, 6.07) is 25.9. The standard InChI is InChI=1S/C37H42.2ClH.Zr/c1-8-9-23-37(27-17-13-14-18-27,26-15-11-10-12-16-26)34-32-24-28(35(2,3)4)19-21-30(32)31-22-20-29(25-33(31)34)36(5,6)7;;;/h8,10-17,19-22,24-25,34H,1,9,18,23H2,2-7H3;2*1H;/q;;;+2/p-2. The van der Waals surface area contributed by atoms with E-state index >= 15 is 0 Å². The van der Waals surface area contributed by atoms with E-state index in [1.54, 1.807) is 0 Å². The van der Waals surface area contributed by atoms with Gasteiger partial charge in [-0.1, -0.05) is 138 Å². The van der Waals surface area contributed by atoms with Crippen molar-refractivity contribution in [2.45, 2.75) is 83.0 Å². The van der Waals surface area contributed by atoms with Gasteiger partial charge in [-0.2, -0.15) is 0 Å².